The normalized spacial score (nSPS) is 12.3. The van der Waals surface area contributed by atoms with E-state index in [0.717, 1.165) is 5.56 Å². The molecule has 0 saturated carbocycles. The molecular formula is C12H12N2O. The molecule has 76 valence electrons. The average molecular weight is 200 g/mol. The lowest BCUT2D eigenvalue weighted by molar-refractivity contribution is 0.176. The van der Waals surface area contributed by atoms with Crippen LogP contribution in [0.3, 0.4) is 0 Å². The molecule has 0 bridgehead atoms. The summed E-state index contributed by atoms with van der Waals surface area (Å²) in [6.45, 7) is 0. The molecule has 2 rings (SSSR count). The van der Waals surface area contributed by atoms with Gasteiger partial charge in [0.2, 0.25) is 0 Å². The first-order valence-electron chi connectivity index (χ1n) is 4.85. The maximum Gasteiger partial charge on any atom is 0.131 e. The predicted octanol–water partition coefficient (Wildman–Crippen LogP) is 1.75. The molecule has 0 amide bonds. The van der Waals surface area contributed by atoms with Crippen molar-refractivity contribution in [2.24, 2.45) is 0 Å². The lowest BCUT2D eigenvalue weighted by Crippen LogP contribution is -2.04. The van der Waals surface area contributed by atoms with Crippen LogP contribution in [-0.2, 0) is 6.42 Å². The Morgan fingerprint density at radius 2 is 1.67 bits per heavy atom. The molecule has 0 aliphatic carbocycles. The fourth-order valence-electron chi connectivity index (χ4n) is 1.40. The minimum absolute atomic E-state index is 0.449. The highest BCUT2D eigenvalue weighted by Gasteiger charge is 2.08. The zero-order valence-corrected chi connectivity index (χ0v) is 8.24. The Hall–Kier alpha value is -1.74. The molecule has 1 N–H and O–H groups in total. The van der Waals surface area contributed by atoms with E-state index >= 15 is 0 Å². The molecule has 1 heterocycles. The summed E-state index contributed by atoms with van der Waals surface area (Å²) in [5.41, 5.74) is 0.893. The second kappa shape index (κ2) is 4.66. The van der Waals surface area contributed by atoms with Crippen LogP contribution in [0.1, 0.15) is 17.5 Å². The molecule has 0 saturated heterocycles. The fourth-order valence-corrected chi connectivity index (χ4v) is 1.40. The number of aliphatic hydroxyl groups excluding tert-OH is 1. The van der Waals surface area contributed by atoms with Gasteiger partial charge in [0, 0.05) is 18.8 Å². The number of rotatable bonds is 3. The SMILES string of the molecule is OC(Cc1ncccn1)c1ccccc1. The zero-order chi connectivity index (χ0) is 10.5. The highest BCUT2D eigenvalue weighted by molar-refractivity contribution is 5.18. The average Bonchev–Trinajstić information content (AvgIpc) is 2.31. The molecule has 3 nitrogen and oxygen atoms in total. The standard InChI is InChI=1S/C12H12N2O/c15-11(10-5-2-1-3-6-10)9-12-13-7-4-8-14-12/h1-8,11,15H,9H2. The summed E-state index contributed by atoms with van der Waals surface area (Å²) in [7, 11) is 0. The van der Waals surface area contributed by atoms with Crippen molar-refractivity contribution in [2.75, 3.05) is 0 Å². The fraction of sp³-hybridized carbons (Fsp3) is 0.167. The van der Waals surface area contributed by atoms with Crippen LogP contribution in [0.15, 0.2) is 48.8 Å². The Kier molecular flexibility index (Phi) is 3.05. The molecule has 0 radical (unpaired) electrons. The molecule has 0 spiro atoms. The monoisotopic (exact) mass is 200 g/mol. The van der Waals surface area contributed by atoms with Crippen LogP contribution >= 0.6 is 0 Å². The Morgan fingerprint density at radius 3 is 2.33 bits per heavy atom. The van der Waals surface area contributed by atoms with Crippen LogP contribution < -0.4 is 0 Å². The van der Waals surface area contributed by atoms with Crippen LogP contribution in [0.4, 0.5) is 0 Å². The molecular weight excluding hydrogens is 188 g/mol. The Labute approximate surface area is 88.5 Å². The van der Waals surface area contributed by atoms with E-state index in [0.29, 0.717) is 12.2 Å². The first-order valence-corrected chi connectivity index (χ1v) is 4.85. The predicted molar refractivity (Wildman–Crippen MR) is 57.1 cm³/mol. The second-order valence-corrected chi connectivity index (χ2v) is 3.30. The molecule has 0 fully saturated rings. The number of aromatic nitrogens is 2. The summed E-state index contributed by atoms with van der Waals surface area (Å²) in [5, 5.41) is 9.89. The molecule has 3 heteroatoms. The number of hydrogen-bond donors (Lipinski definition) is 1. The van der Waals surface area contributed by atoms with Gasteiger partial charge in [-0.1, -0.05) is 30.3 Å². The first kappa shape index (κ1) is 9.80. The van der Waals surface area contributed by atoms with E-state index in [1.165, 1.54) is 0 Å². The smallest absolute Gasteiger partial charge is 0.131 e. The van der Waals surface area contributed by atoms with Crippen LogP contribution in [0.25, 0.3) is 0 Å². The quantitative estimate of drug-likeness (QED) is 0.821. The van der Waals surface area contributed by atoms with E-state index < -0.39 is 6.10 Å². The lowest BCUT2D eigenvalue weighted by atomic mass is 10.1. The third-order valence-electron chi connectivity index (χ3n) is 2.18. The summed E-state index contributed by atoms with van der Waals surface area (Å²) in [5.74, 6) is 0.661. The van der Waals surface area contributed by atoms with Crippen molar-refractivity contribution in [3.8, 4) is 0 Å². The maximum absolute atomic E-state index is 9.89. The molecule has 1 aromatic carbocycles. The molecule has 2 aromatic rings. The van der Waals surface area contributed by atoms with Gasteiger partial charge in [-0.15, -0.1) is 0 Å². The van der Waals surface area contributed by atoms with Crippen molar-refractivity contribution in [1.29, 1.82) is 0 Å². The van der Waals surface area contributed by atoms with E-state index in [4.69, 9.17) is 0 Å². The minimum atomic E-state index is -0.534. The van der Waals surface area contributed by atoms with Crippen LogP contribution in [0.2, 0.25) is 0 Å². The van der Waals surface area contributed by atoms with Crippen molar-refractivity contribution in [2.45, 2.75) is 12.5 Å². The summed E-state index contributed by atoms with van der Waals surface area (Å²) in [4.78, 5) is 8.15. The van der Waals surface area contributed by atoms with Crippen molar-refractivity contribution >= 4 is 0 Å². The largest absolute Gasteiger partial charge is 0.388 e. The maximum atomic E-state index is 9.89. The van der Waals surface area contributed by atoms with Gasteiger partial charge in [-0.05, 0) is 11.6 Å². The van der Waals surface area contributed by atoms with E-state index in [1.54, 1.807) is 18.5 Å². The first-order chi connectivity index (χ1) is 7.36. The van der Waals surface area contributed by atoms with Gasteiger partial charge in [0.1, 0.15) is 5.82 Å². The minimum Gasteiger partial charge on any atom is -0.388 e. The molecule has 1 unspecified atom stereocenters. The van der Waals surface area contributed by atoms with Gasteiger partial charge in [-0.2, -0.15) is 0 Å². The van der Waals surface area contributed by atoms with E-state index in [9.17, 15) is 5.11 Å². The number of hydrogen-bond acceptors (Lipinski definition) is 3. The second-order valence-electron chi connectivity index (χ2n) is 3.30. The van der Waals surface area contributed by atoms with Crippen molar-refractivity contribution < 1.29 is 5.11 Å². The Balaban J connectivity index is 2.08. The highest BCUT2D eigenvalue weighted by Crippen LogP contribution is 2.15. The number of nitrogens with zero attached hydrogens (tertiary/aromatic N) is 2. The van der Waals surface area contributed by atoms with Gasteiger partial charge in [0.25, 0.3) is 0 Å². The van der Waals surface area contributed by atoms with Crippen molar-refractivity contribution in [3.05, 3.63) is 60.2 Å². The summed E-state index contributed by atoms with van der Waals surface area (Å²) in [6, 6.07) is 11.3. The summed E-state index contributed by atoms with van der Waals surface area (Å²) >= 11 is 0. The van der Waals surface area contributed by atoms with Gasteiger partial charge in [0.15, 0.2) is 0 Å². The molecule has 1 atom stereocenters. The third kappa shape index (κ3) is 2.60. The summed E-state index contributed by atoms with van der Waals surface area (Å²) in [6.07, 6.45) is 3.28. The zero-order valence-electron chi connectivity index (χ0n) is 8.24. The molecule has 15 heavy (non-hydrogen) atoms. The van der Waals surface area contributed by atoms with Gasteiger partial charge in [-0.25, -0.2) is 9.97 Å². The third-order valence-corrected chi connectivity index (χ3v) is 2.18. The molecule has 0 aliphatic rings. The molecule has 1 aromatic heterocycles. The van der Waals surface area contributed by atoms with Crippen LogP contribution in [0.5, 0.6) is 0 Å². The van der Waals surface area contributed by atoms with Gasteiger partial charge >= 0.3 is 0 Å². The number of aliphatic hydroxyl groups is 1. The van der Waals surface area contributed by atoms with Crippen LogP contribution in [0, 0.1) is 0 Å². The van der Waals surface area contributed by atoms with Gasteiger partial charge < -0.3 is 5.11 Å². The topological polar surface area (TPSA) is 46.0 Å². The van der Waals surface area contributed by atoms with Crippen molar-refractivity contribution in [1.82, 2.24) is 9.97 Å². The Morgan fingerprint density at radius 1 is 1.00 bits per heavy atom. The van der Waals surface area contributed by atoms with Gasteiger partial charge in [-0.3, -0.25) is 0 Å². The lowest BCUT2D eigenvalue weighted by Gasteiger charge is -2.09. The van der Waals surface area contributed by atoms with Gasteiger partial charge in [0.05, 0.1) is 6.10 Å². The summed E-state index contributed by atoms with van der Waals surface area (Å²) < 4.78 is 0. The molecule has 0 aliphatic heterocycles. The van der Waals surface area contributed by atoms with Crippen molar-refractivity contribution in [3.63, 3.8) is 0 Å². The number of benzene rings is 1. The van der Waals surface area contributed by atoms with E-state index in [2.05, 4.69) is 9.97 Å². The van der Waals surface area contributed by atoms with E-state index in [1.807, 2.05) is 30.3 Å². The van der Waals surface area contributed by atoms with Crippen LogP contribution in [-0.4, -0.2) is 15.1 Å². The van der Waals surface area contributed by atoms with E-state index in [-0.39, 0.29) is 0 Å². The Bertz CT molecular complexity index is 402. The highest BCUT2D eigenvalue weighted by atomic mass is 16.3.